The number of hydrogen-bond donors (Lipinski definition) is 1. The van der Waals surface area contributed by atoms with Gasteiger partial charge in [0.25, 0.3) is 0 Å². The third-order valence-electron chi connectivity index (χ3n) is 2.68. The van der Waals surface area contributed by atoms with Crippen LogP contribution in [0, 0.1) is 26.2 Å². The van der Waals surface area contributed by atoms with Crippen LogP contribution >= 0.6 is 11.3 Å². The number of nitrogens with one attached hydrogen (secondary N) is 1. The van der Waals surface area contributed by atoms with Crippen molar-refractivity contribution in [3.63, 3.8) is 0 Å². The van der Waals surface area contributed by atoms with E-state index in [1.807, 2.05) is 6.92 Å². The highest BCUT2D eigenvalue weighted by Gasteiger charge is 2.15. The van der Waals surface area contributed by atoms with E-state index < -0.39 is 0 Å². The number of thiazole rings is 1. The van der Waals surface area contributed by atoms with E-state index in [-0.39, 0.29) is 0 Å². The lowest BCUT2D eigenvalue weighted by molar-refractivity contribution is 0.451. The van der Waals surface area contributed by atoms with Crippen LogP contribution in [0.5, 0.6) is 0 Å². The van der Waals surface area contributed by atoms with Crippen molar-refractivity contribution in [1.82, 2.24) is 10.3 Å². The van der Waals surface area contributed by atoms with Crippen molar-refractivity contribution < 1.29 is 0 Å². The van der Waals surface area contributed by atoms with Gasteiger partial charge in [-0.3, -0.25) is 0 Å². The minimum atomic E-state index is 0.337. The number of aryl methyl sites for hydroxylation is 2. The van der Waals surface area contributed by atoms with Crippen LogP contribution in [0.2, 0.25) is 0 Å². The zero-order valence-electron chi connectivity index (χ0n) is 10.5. The van der Waals surface area contributed by atoms with Gasteiger partial charge in [0.1, 0.15) is 0 Å². The maximum Gasteiger partial charge on any atom is 0.0900 e. The molecule has 2 atom stereocenters. The van der Waals surface area contributed by atoms with Gasteiger partial charge in [0.05, 0.1) is 10.7 Å². The first-order valence-corrected chi connectivity index (χ1v) is 6.53. The highest BCUT2D eigenvalue weighted by atomic mass is 32.1. The summed E-state index contributed by atoms with van der Waals surface area (Å²) in [6.07, 6.45) is 7.20. The van der Waals surface area contributed by atoms with Crippen LogP contribution < -0.4 is 5.32 Å². The van der Waals surface area contributed by atoms with Crippen LogP contribution in [0.3, 0.4) is 0 Å². The standard InChI is InChI=1S/C13H20N2S/c1-6-8-12(7-2)15-10(4)13-9(3)14-11(5)16-13/h1,10,12,15H,7-8H2,2-5H3. The van der Waals surface area contributed by atoms with Gasteiger partial charge in [-0.15, -0.1) is 23.7 Å². The Kier molecular flexibility index (Phi) is 4.98. The molecule has 1 N–H and O–H groups in total. The molecular formula is C13H20N2S. The molecule has 0 aliphatic heterocycles. The Balaban J connectivity index is 2.68. The van der Waals surface area contributed by atoms with Gasteiger partial charge in [-0.05, 0) is 27.2 Å². The van der Waals surface area contributed by atoms with E-state index in [0.29, 0.717) is 12.1 Å². The summed E-state index contributed by atoms with van der Waals surface area (Å²) >= 11 is 1.77. The number of rotatable bonds is 5. The molecule has 0 aliphatic carbocycles. The summed E-state index contributed by atoms with van der Waals surface area (Å²) in [6, 6.07) is 0.742. The van der Waals surface area contributed by atoms with Crippen molar-refractivity contribution in [2.45, 2.75) is 52.6 Å². The van der Waals surface area contributed by atoms with Crippen LogP contribution in [0.1, 0.15) is 48.3 Å². The third kappa shape index (κ3) is 3.33. The van der Waals surface area contributed by atoms with Crippen LogP contribution in [0.15, 0.2) is 0 Å². The Hall–Kier alpha value is -0.850. The molecule has 1 aromatic heterocycles. The van der Waals surface area contributed by atoms with E-state index in [0.717, 1.165) is 23.5 Å². The largest absolute Gasteiger partial charge is 0.306 e. The fourth-order valence-electron chi connectivity index (χ4n) is 1.84. The second-order valence-electron chi connectivity index (χ2n) is 4.08. The van der Waals surface area contributed by atoms with Crippen molar-refractivity contribution in [3.8, 4) is 12.3 Å². The van der Waals surface area contributed by atoms with E-state index in [9.17, 15) is 0 Å². The number of terminal acetylenes is 1. The molecule has 2 unspecified atom stereocenters. The van der Waals surface area contributed by atoms with Gasteiger partial charge < -0.3 is 5.32 Å². The van der Waals surface area contributed by atoms with Gasteiger partial charge in [0.2, 0.25) is 0 Å². The summed E-state index contributed by atoms with van der Waals surface area (Å²) in [5.74, 6) is 2.72. The molecule has 1 rings (SSSR count). The van der Waals surface area contributed by atoms with Crippen molar-refractivity contribution in [2.75, 3.05) is 0 Å². The first kappa shape index (κ1) is 13.2. The summed E-state index contributed by atoms with van der Waals surface area (Å²) < 4.78 is 0. The molecule has 0 aromatic carbocycles. The molecule has 1 heterocycles. The molecule has 0 amide bonds. The second-order valence-corrected chi connectivity index (χ2v) is 5.32. The lowest BCUT2D eigenvalue weighted by Gasteiger charge is -2.20. The molecule has 0 radical (unpaired) electrons. The molecule has 1 aromatic rings. The van der Waals surface area contributed by atoms with E-state index in [1.165, 1.54) is 4.88 Å². The van der Waals surface area contributed by atoms with E-state index in [2.05, 4.69) is 37.0 Å². The Bertz CT molecular complexity index is 376. The van der Waals surface area contributed by atoms with Gasteiger partial charge in [0, 0.05) is 23.4 Å². The minimum absolute atomic E-state index is 0.337. The predicted molar refractivity (Wildman–Crippen MR) is 70.7 cm³/mol. The van der Waals surface area contributed by atoms with Crippen molar-refractivity contribution >= 4 is 11.3 Å². The Labute approximate surface area is 102 Å². The van der Waals surface area contributed by atoms with E-state index in [1.54, 1.807) is 11.3 Å². The predicted octanol–water partition coefficient (Wildman–Crippen LogP) is 3.21. The monoisotopic (exact) mass is 236 g/mol. The van der Waals surface area contributed by atoms with Crippen molar-refractivity contribution in [3.05, 3.63) is 15.6 Å². The number of hydrogen-bond acceptors (Lipinski definition) is 3. The molecule has 0 saturated carbocycles. The molecule has 88 valence electrons. The molecule has 0 saturated heterocycles. The SMILES string of the molecule is C#CCC(CC)NC(C)c1sc(C)nc1C. The first-order chi connectivity index (χ1) is 7.58. The lowest BCUT2D eigenvalue weighted by atomic mass is 10.1. The molecule has 16 heavy (non-hydrogen) atoms. The minimum Gasteiger partial charge on any atom is -0.306 e. The number of aromatic nitrogens is 1. The first-order valence-electron chi connectivity index (χ1n) is 5.71. The second kappa shape index (κ2) is 6.03. The summed E-state index contributed by atoms with van der Waals surface area (Å²) in [5, 5.41) is 4.70. The molecule has 0 spiro atoms. The Morgan fingerprint density at radius 2 is 2.19 bits per heavy atom. The third-order valence-corrected chi connectivity index (χ3v) is 3.93. The van der Waals surface area contributed by atoms with Gasteiger partial charge in [0.15, 0.2) is 0 Å². The van der Waals surface area contributed by atoms with E-state index in [4.69, 9.17) is 6.42 Å². The van der Waals surface area contributed by atoms with Crippen LogP contribution in [-0.2, 0) is 0 Å². The normalized spacial score (nSPS) is 14.4. The summed E-state index contributed by atoms with van der Waals surface area (Å²) in [7, 11) is 0. The highest BCUT2D eigenvalue weighted by molar-refractivity contribution is 7.11. The Morgan fingerprint density at radius 3 is 2.62 bits per heavy atom. The van der Waals surface area contributed by atoms with Gasteiger partial charge in [-0.1, -0.05) is 6.92 Å². The van der Waals surface area contributed by atoms with Crippen LogP contribution in [-0.4, -0.2) is 11.0 Å². The quantitative estimate of drug-likeness (QED) is 0.794. The maximum atomic E-state index is 5.35. The lowest BCUT2D eigenvalue weighted by Crippen LogP contribution is -2.30. The van der Waals surface area contributed by atoms with Crippen LogP contribution in [0.4, 0.5) is 0 Å². The molecule has 0 bridgehead atoms. The van der Waals surface area contributed by atoms with Gasteiger partial charge in [-0.2, -0.15) is 0 Å². The van der Waals surface area contributed by atoms with Gasteiger partial charge in [-0.25, -0.2) is 4.98 Å². The highest BCUT2D eigenvalue weighted by Crippen LogP contribution is 2.25. The molecule has 2 nitrogen and oxygen atoms in total. The smallest absolute Gasteiger partial charge is 0.0900 e. The molecule has 3 heteroatoms. The Morgan fingerprint density at radius 1 is 1.50 bits per heavy atom. The summed E-state index contributed by atoms with van der Waals surface area (Å²) in [6.45, 7) is 8.46. The van der Waals surface area contributed by atoms with Crippen molar-refractivity contribution in [1.29, 1.82) is 0 Å². The molecular weight excluding hydrogens is 216 g/mol. The average molecular weight is 236 g/mol. The fraction of sp³-hybridized carbons (Fsp3) is 0.615. The van der Waals surface area contributed by atoms with E-state index >= 15 is 0 Å². The average Bonchev–Trinajstić information content (AvgIpc) is 2.57. The van der Waals surface area contributed by atoms with Crippen LogP contribution in [0.25, 0.3) is 0 Å². The number of nitrogens with zero attached hydrogens (tertiary/aromatic N) is 1. The van der Waals surface area contributed by atoms with Gasteiger partial charge >= 0.3 is 0 Å². The summed E-state index contributed by atoms with van der Waals surface area (Å²) in [4.78, 5) is 5.78. The summed E-state index contributed by atoms with van der Waals surface area (Å²) in [5.41, 5.74) is 1.14. The maximum absolute atomic E-state index is 5.35. The van der Waals surface area contributed by atoms with Crippen molar-refractivity contribution in [2.24, 2.45) is 0 Å². The molecule has 0 fully saturated rings. The zero-order valence-corrected chi connectivity index (χ0v) is 11.3. The zero-order chi connectivity index (χ0) is 12.1. The topological polar surface area (TPSA) is 24.9 Å². The fourth-order valence-corrected chi connectivity index (χ4v) is 2.78. The molecule has 0 aliphatic rings.